The molecule has 19 heavy (non-hydrogen) atoms. The lowest BCUT2D eigenvalue weighted by atomic mass is 9.89. The molecule has 9 heteroatoms. The van der Waals surface area contributed by atoms with Gasteiger partial charge in [-0.15, -0.1) is 0 Å². The van der Waals surface area contributed by atoms with Crippen molar-refractivity contribution in [2.75, 3.05) is 6.61 Å². The molecule has 0 aromatic heterocycles. The van der Waals surface area contributed by atoms with E-state index >= 15 is 0 Å². The van der Waals surface area contributed by atoms with E-state index in [0.29, 0.717) is 0 Å². The van der Waals surface area contributed by atoms with E-state index in [9.17, 15) is 25.2 Å². The highest BCUT2D eigenvalue weighted by molar-refractivity contribution is 5.75. The number of nitrogens with two attached hydrogens (primary N) is 1. The molecule has 0 aliphatic carbocycles. The quantitative estimate of drug-likeness (QED) is 0.277. The third-order valence-corrected chi connectivity index (χ3v) is 2.89. The summed E-state index contributed by atoms with van der Waals surface area (Å²) in [4.78, 5) is 10.8. The number of ether oxygens (including phenoxy) is 1. The number of carboxylic acids is 1. The van der Waals surface area contributed by atoms with Crippen LogP contribution in [0.5, 0.6) is 0 Å². The molecule has 0 amide bonds. The van der Waals surface area contributed by atoms with E-state index in [-0.39, 0.29) is 7.43 Å². The molecule has 1 aliphatic rings. The lowest BCUT2D eigenvalue weighted by Crippen LogP contribution is -2.65. The summed E-state index contributed by atoms with van der Waals surface area (Å²) in [6, 6.07) is -1.21. The summed E-state index contributed by atoms with van der Waals surface area (Å²) >= 11 is 0. The Kier molecular flexibility index (Phi) is 6.29. The molecule has 0 aromatic rings. The molecule has 1 rings (SSSR count). The van der Waals surface area contributed by atoms with E-state index in [4.69, 9.17) is 20.7 Å². The van der Waals surface area contributed by atoms with Crippen LogP contribution in [0.4, 0.5) is 0 Å². The van der Waals surface area contributed by atoms with Crippen LogP contribution in [0.3, 0.4) is 0 Å². The van der Waals surface area contributed by atoms with E-state index in [2.05, 4.69) is 0 Å². The Morgan fingerprint density at radius 1 is 1.47 bits per heavy atom. The number of aliphatic hydroxyl groups excluding tert-OH is 4. The van der Waals surface area contributed by atoms with Crippen molar-refractivity contribution in [1.29, 1.82) is 0 Å². The average molecular weight is 283 g/mol. The standard InChI is InChI=1S/C9H17NO8.CH4/c10-5-3(12)1-9(17,8(15)16)18-7(5)6(14)4(13)2-11;/h3-7,11-14,17H,1-2,10H2,(H,15,16);1H4/t3-,4?,5+,6?,7+,9?;/m0./s1. The molecule has 0 radical (unpaired) electrons. The Hall–Kier alpha value is -0.810. The van der Waals surface area contributed by atoms with Crippen molar-refractivity contribution >= 4 is 5.97 Å². The Morgan fingerprint density at radius 3 is 2.42 bits per heavy atom. The van der Waals surface area contributed by atoms with Gasteiger partial charge in [-0.05, 0) is 0 Å². The predicted molar refractivity (Wildman–Crippen MR) is 61.9 cm³/mol. The molecule has 0 bridgehead atoms. The topological polar surface area (TPSA) is 174 Å². The van der Waals surface area contributed by atoms with Crippen molar-refractivity contribution < 1.29 is 40.2 Å². The van der Waals surface area contributed by atoms with E-state index in [1.807, 2.05) is 0 Å². The largest absolute Gasteiger partial charge is 0.477 e. The van der Waals surface area contributed by atoms with Gasteiger partial charge in [0.15, 0.2) is 0 Å². The minimum absolute atomic E-state index is 0. The predicted octanol–water partition coefficient (Wildman–Crippen LogP) is -3.41. The molecule has 1 fully saturated rings. The first-order valence-corrected chi connectivity index (χ1v) is 5.27. The molecular formula is C10H21NO8. The van der Waals surface area contributed by atoms with Crippen molar-refractivity contribution in [2.24, 2.45) is 5.73 Å². The van der Waals surface area contributed by atoms with Gasteiger partial charge >= 0.3 is 5.97 Å². The van der Waals surface area contributed by atoms with Crippen LogP contribution in [0.2, 0.25) is 0 Å². The average Bonchev–Trinajstić information content (AvgIpc) is 2.31. The zero-order valence-electron chi connectivity index (χ0n) is 9.38. The van der Waals surface area contributed by atoms with Crippen LogP contribution >= 0.6 is 0 Å². The number of hydrogen-bond donors (Lipinski definition) is 7. The SMILES string of the molecule is C.N[C@@H]1[C@@H](O)CC(O)(C(=O)O)O[C@H]1C(O)C(O)CO. The zero-order valence-corrected chi connectivity index (χ0v) is 9.38. The van der Waals surface area contributed by atoms with Gasteiger partial charge < -0.3 is 41.1 Å². The van der Waals surface area contributed by atoms with Crippen LogP contribution in [-0.4, -0.2) is 79.5 Å². The first-order chi connectivity index (χ1) is 8.23. The molecule has 8 N–H and O–H groups in total. The van der Waals surface area contributed by atoms with Crippen molar-refractivity contribution in [3.05, 3.63) is 0 Å². The molecule has 9 nitrogen and oxygen atoms in total. The van der Waals surface area contributed by atoms with Gasteiger partial charge in [-0.2, -0.15) is 0 Å². The zero-order chi connectivity index (χ0) is 14.1. The lowest BCUT2D eigenvalue weighted by Gasteiger charge is -2.43. The van der Waals surface area contributed by atoms with E-state index in [0.717, 1.165) is 0 Å². The normalized spacial score (nSPS) is 38.1. The Balaban J connectivity index is 0.00000324. The Morgan fingerprint density at radius 2 is 2.00 bits per heavy atom. The van der Waals surface area contributed by atoms with Gasteiger partial charge in [-0.1, -0.05) is 7.43 Å². The van der Waals surface area contributed by atoms with Crippen molar-refractivity contribution in [3.63, 3.8) is 0 Å². The summed E-state index contributed by atoms with van der Waals surface area (Å²) in [6.45, 7) is -0.810. The van der Waals surface area contributed by atoms with Crippen LogP contribution in [-0.2, 0) is 9.53 Å². The molecule has 1 saturated heterocycles. The van der Waals surface area contributed by atoms with Crippen molar-refractivity contribution in [2.45, 2.75) is 50.1 Å². The third kappa shape index (κ3) is 3.60. The van der Waals surface area contributed by atoms with Crippen LogP contribution in [0, 0.1) is 0 Å². The van der Waals surface area contributed by atoms with Gasteiger partial charge in [-0.3, -0.25) is 0 Å². The Labute approximate surface area is 109 Å². The van der Waals surface area contributed by atoms with Gasteiger partial charge in [0.1, 0.15) is 18.3 Å². The van der Waals surface area contributed by atoms with Crippen LogP contribution < -0.4 is 5.73 Å². The van der Waals surface area contributed by atoms with Crippen molar-refractivity contribution in [3.8, 4) is 0 Å². The number of carboxylic acid groups (broad SMARTS) is 1. The van der Waals surface area contributed by atoms with Gasteiger partial charge in [0.25, 0.3) is 5.79 Å². The maximum atomic E-state index is 10.8. The number of rotatable bonds is 4. The Bertz CT molecular complexity index is 314. The number of aliphatic carboxylic acids is 1. The summed E-state index contributed by atoms with van der Waals surface area (Å²) in [5.74, 6) is -4.44. The highest BCUT2D eigenvalue weighted by Crippen LogP contribution is 2.29. The minimum Gasteiger partial charge on any atom is -0.477 e. The maximum absolute atomic E-state index is 10.8. The first kappa shape index (κ1) is 18.2. The highest BCUT2D eigenvalue weighted by Gasteiger charge is 2.52. The highest BCUT2D eigenvalue weighted by atomic mass is 16.7. The lowest BCUT2D eigenvalue weighted by molar-refractivity contribution is -0.292. The van der Waals surface area contributed by atoms with Gasteiger partial charge in [-0.25, -0.2) is 4.79 Å². The van der Waals surface area contributed by atoms with Crippen LogP contribution in [0.25, 0.3) is 0 Å². The smallest absolute Gasteiger partial charge is 0.364 e. The molecule has 0 spiro atoms. The van der Waals surface area contributed by atoms with E-state index in [1.54, 1.807) is 0 Å². The monoisotopic (exact) mass is 283 g/mol. The summed E-state index contributed by atoms with van der Waals surface area (Å²) in [7, 11) is 0. The second kappa shape index (κ2) is 6.57. The minimum atomic E-state index is -2.70. The fourth-order valence-electron chi connectivity index (χ4n) is 1.75. The molecule has 1 aliphatic heterocycles. The molecular weight excluding hydrogens is 262 g/mol. The number of hydrogen-bond acceptors (Lipinski definition) is 8. The summed E-state index contributed by atoms with van der Waals surface area (Å²) in [5, 5.41) is 55.5. The van der Waals surface area contributed by atoms with E-state index in [1.165, 1.54) is 0 Å². The van der Waals surface area contributed by atoms with Crippen LogP contribution in [0.15, 0.2) is 0 Å². The number of aliphatic hydroxyl groups is 5. The van der Waals surface area contributed by atoms with E-state index < -0.39 is 55.2 Å². The van der Waals surface area contributed by atoms with Gasteiger partial charge in [0.05, 0.1) is 18.8 Å². The van der Waals surface area contributed by atoms with Gasteiger partial charge in [0.2, 0.25) is 0 Å². The molecule has 6 atom stereocenters. The molecule has 0 saturated carbocycles. The van der Waals surface area contributed by atoms with Gasteiger partial charge in [0, 0.05) is 6.42 Å². The second-order valence-electron chi connectivity index (χ2n) is 4.26. The molecule has 114 valence electrons. The first-order valence-electron chi connectivity index (χ1n) is 5.27. The fourth-order valence-corrected chi connectivity index (χ4v) is 1.75. The fraction of sp³-hybridized carbons (Fsp3) is 0.900. The van der Waals surface area contributed by atoms with Crippen molar-refractivity contribution in [1.82, 2.24) is 0 Å². The van der Waals surface area contributed by atoms with Crippen LogP contribution in [0.1, 0.15) is 13.8 Å². The molecule has 3 unspecified atom stereocenters. The maximum Gasteiger partial charge on any atom is 0.364 e. The number of carbonyl (C=O) groups is 1. The molecule has 1 heterocycles. The molecule has 0 aromatic carbocycles. The summed E-state index contributed by atoms with van der Waals surface area (Å²) in [6.07, 6.45) is -7.01. The second-order valence-corrected chi connectivity index (χ2v) is 4.26. The summed E-state index contributed by atoms with van der Waals surface area (Å²) < 4.78 is 4.75. The summed E-state index contributed by atoms with van der Waals surface area (Å²) in [5.41, 5.74) is 5.51. The third-order valence-electron chi connectivity index (χ3n) is 2.89.